The maximum atomic E-state index is 6.01. The summed E-state index contributed by atoms with van der Waals surface area (Å²) in [4.78, 5) is 7.42. The van der Waals surface area contributed by atoms with Gasteiger partial charge in [-0.15, -0.1) is 0 Å². The number of nitrogens with zero attached hydrogens (tertiary/aromatic N) is 1. The fraction of sp³-hybridized carbons (Fsp3) is 0.250. The molecule has 25 heavy (non-hydrogen) atoms. The Hall–Kier alpha value is -2.95. The summed E-state index contributed by atoms with van der Waals surface area (Å²) >= 11 is 0. The highest BCUT2D eigenvalue weighted by molar-refractivity contribution is 5.65. The molecular weight excluding hydrogens is 316 g/mol. The number of rotatable bonds is 8. The first-order chi connectivity index (χ1) is 12.3. The molecule has 0 unspecified atom stereocenters. The largest absolute Gasteiger partial charge is 0.497 e. The number of methoxy groups -OCH3 is 2. The second kappa shape index (κ2) is 8.24. The van der Waals surface area contributed by atoms with E-state index in [0.29, 0.717) is 6.61 Å². The molecule has 1 N–H and O–H groups in total. The van der Waals surface area contributed by atoms with Crippen LogP contribution in [0.5, 0.6) is 17.2 Å². The van der Waals surface area contributed by atoms with Gasteiger partial charge in [-0.05, 0) is 42.7 Å². The van der Waals surface area contributed by atoms with Gasteiger partial charge in [-0.2, -0.15) is 0 Å². The predicted octanol–water partition coefficient (Wildman–Crippen LogP) is 4.11. The summed E-state index contributed by atoms with van der Waals surface area (Å²) in [6.45, 7) is 0.618. The summed E-state index contributed by atoms with van der Waals surface area (Å²) in [5.74, 6) is 3.19. The maximum absolute atomic E-state index is 6.01. The average Bonchev–Trinajstić information content (AvgIpc) is 3.20. The molecule has 0 amide bonds. The van der Waals surface area contributed by atoms with Crippen LogP contribution in [0.15, 0.2) is 54.9 Å². The van der Waals surface area contributed by atoms with Gasteiger partial charge < -0.3 is 19.2 Å². The van der Waals surface area contributed by atoms with Crippen LogP contribution in [0.3, 0.4) is 0 Å². The Morgan fingerprint density at radius 2 is 1.72 bits per heavy atom. The van der Waals surface area contributed by atoms with Crippen LogP contribution >= 0.6 is 0 Å². The Labute approximate surface area is 147 Å². The average molecular weight is 338 g/mol. The molecule has 0 aliphatic carbocycles. The van der Waals surface area contributed by atoms with Gasteiger partial charge in [0.05, 0.1) is 26.4 Å². The second-order valence-electron chi connectivity index (χ2n) is 5.60. The molecule has 1 heterocycles. The van der Waals surface area contributed by atoms with Crippen LogP contribution in [0.2, 0.25) is 0 Å². The fourth-order valence-electron chi connectivity index (χ4n) is 2.61. The summed E-state index contributed by atoms with van der Waals surface area (Å²) in [6.07, 6.45) is 5.39. The van der Waals surface area contributed by atoms with E-state index in [2.05, 4.69) is 22.1 Å². The minimum absolute atomic E-state index is 0.618. The fourth-order valence-corrected chi connectivity index (χ4v) is 2.61. The molecule has 0 bridgehead atoms. The summed E-state index contributed by atoms with van der Waals surface area (Å²) in [5.41, 5.74) is 2.19. The Morgan fingerprint density at radius 1 is 0.960 bits per heavy atom. The van der Waals surface area contributed by atoms with Crippen LogP contribution in [0, 0.1) is 0 Å². The van der Waals surface area contributed by atoms with E-state index in [9.17, 15) is 0 Å². The zero-order valence-electron chi connectivity index (χ0n) is 14.5. The molecule has 5 nitrogen and oxygen atoms in total. The number of imidazole rings is 1. The first kappa shape index (κ1) is 16.9. The smallest absolute Gasteiger partial charge is 0.141 e. The monoisotopic (exact) mass is 338 g/mol. The van der Waals surface area contributed by atoms with Crippen LogP contribution in [0.1, 0.15) is 12.0 Å². The highest BCUT2D eigenvalue weighted by Gasteiger charge is 2.10. The van der Waals surface area contributed by atoms with Crippen molar-refractivity contribution in [3.05, 3.63) is 60.4 Å². The molecule has 0 saturated heterocycles. The number of ether oxygens (including phenoxy) is 3. The van der Waals surface area contributed by atoms with E-state index in [1.165, 1.54) is 5.56 Å². The molecule has 130 valence electrons. The summed E-state index contributed by atoms with van der Waals surface area (Å²) in [7, 11) is 3.32. The molecular formula is C20H22N2O3. The number of aromatic nitrogens is 2. The summed E-state index contributed by atoms with van der Waals surface area (Å²) in [6, 6.07) is 13.9. The Kier molecular flexibility index (Phi) is 5.57. The number of aromatic amines is 1. The van der Waals surface area contributed by atoms with E-state index in [1.54, 1.807) is 26.6 Å². The van der Waals surface area contributed by atoms with Crippen LogP contribution in [0.25, 0.3) is 11.4 Å². The van der Waals surface area contributed by atoms with Crippen molar-refractivity contribution in [2.24, 2.45) is 0 Å². The third-order valence-electron chi connectivity index (χ3n) is 3.97. The third kappa shape index (κ3) is 4.32. The first-order valence-corrected chi connectivity index (χ1v) is 8.23. The van der Waals surface area contributed by atoms with Gasteiger partial charge in [-0.3, -0.25) is 0 Å². The quantitative estimate of drug-likeness (QED) is 0.628. The van der Waals surface area contributed by atoms with Crippen LogP contribution in [-0.2, 0) is 6.42 Å². The number of hydrogen-bond acceptors (Lipinski definition) is 4. The normalized spacial score (nSPS) is 10.5. The van der Waals surface area contributed by atoms with Crippen molar-refractivity contribution in [2.45, 2.75) is 12.8 Å². The van der Waals surface area contributed by atoms with E-state index in [-0.39, 0.29) is 0 Å². The molecule has 1 aromatic heterocycles. The van der Waals surface area contributed by atoms with Crippen molar-refractivity contribution >= 4 is 0 Å². The molecule has 3 aromatic rings. The minimum atomic E-state index is 0.618. The maximum Gasteiger partial charge on any atom is 0.141 e. The first-order valence-electron chi connectivity index (χ1n) is 8.23. The molecule has 2 aromatic carbocycles. The Morgan fingerprint density at radius 3 is 2.40 bits per heavy atom. The number of aryl methyl sites for hydroxylation is 1. The zero-order valence-corrected chi connectivity index (χ0v) is 14.5. The van der Waals surface area contributed by atoms with Gasteiger partial charge in [0.15, 0.2) is 0 Å². The van der Waals surface area contributed by atoms with Gasteiger partial charge in [-0.1, -0.05) is 12.1 Å². The zero-order chi connectivity index (χ0) is 17.5. The molecule has 5 heteroatoms. The van der Waals surface area contributed by atoms with E-state index in [1.807, 2.05) is 30.3 Å². The standard InChI is InChI=1S/C20H22N2O3/c1-23-16-7-5-15(6-8-16)4-3-13-25-19-14-17(24-2)9-10-18(19)20-21-11-12-22-20/h5-12,14H,3-4,13H2,1-2H3,(H,21,22). The molecule has 3 rings (SSSR count). The lowest BCUT2D eigenvalue weighted by Crippen LogP contribution is -2.01. The van der Waals surface area contributed by atoms with Crippen molar-refractivity contribution in [1.82, 2.24) is 9.97 Å². The lowest BCUT2D eigenvalue weighted by molar-refractivity contribution is 0.309. The molecule has 0 saturated carbocycles. The summed E-state index contributed by atoms with van der Waals surface area (Å²) in [5, 5.41) is 0. The molecule has 0 fully saturated rings. The van der Waals surface area contributed by atoms with Gasteiger partial charge in [0.2, 0.25) is 0 Å². The third-order valence-corrected chi connectivity index (χ3v) is 3.97. The van der Waals surface area contributed by atoms with Crippen LogP contribution < -0.4 is 14.2 Å². The van der Waals surface area contributed by atoms with Crippen molar-refractivity contribution in [3.8, 4) is 28.6 Å². The molecule has 0 radical (unpaired) electrons. The van der Waals surface area contributed by atoms with E-state index in [4.69, 9.17) is 14.2 Å². The van der Waals surface area contributed by atoms with Crippen molar-refractivity contribution < 1.29 is 14.2 Å². The highest BCUT2D eigenvalue weighted by atomic mass is 16.5. The van der Waals surface area contributed by atoms with Crippen LogP contribution in [-0.4, -0.2) is 30.8 Å². The van der Waals surface area contributed by atoms with Gasteiger partial charge in [0.25, 0.3) is 0 Å². The number of H-pyrrole nitrogens is 1. The Bertz CT molecular complexity index is 783. The van der Waals surface area contributed by atoms with Crippen molar-refractivity contribution in [2.75, 3.05) is 20.8 Å². The molecule has 0 aliphatic heterocycles. The number of benzene rings is 2. The van der Waals surface area contributed by atoms with Gasteiger partial charge in [-0.25, -0.2) is 4.98 Å². The molecule has 0 atom stereocenters. The number of nitrogens with one attached hydrogen (secondary N) is 1. The lowest BCUT2D eigenvalue weighted by atomic mass is 10.1. The van der Waals surface area contributed by atoms with Crippen molar-refractivity contribution in [3.63, 3.8) is 0 Å². The van der Waals surface area contributed by atoms with Gasteiger partial charge in [0, 0.05) is 18.5 Å². The van der Waals surface area contributed by atoms with E-state index < -0.39 is 0 Å². The second-order valence-corrected chi connectivity index (χ2v) is 5.60. The predicted molar refractivity (Wildman–Crippen MR) is 97.4 cm³/mol. The topological polar surface area (TPSA) is 56.4 Å². The minimum Gasteiger partial charge on any atom is -0.497 e. The SMILES string of the molecule is COc1ccc(CCCOc2cc(OC)ccc2-c2ncc[nH]2)cc1. The highest BCUT2D eigenvalue weighted by Crippen LogP contribution is 2.31. The van der Waals surface area contributed by atoms with Gasteiger partial charge >= 0.3 is 0 Å². The lowest BCUT2D eigenvalue weighted by Gasteiger charge is -2.12. The van der Waals surface area contributed by atoms with Gasteiger partial charge in [0.1, 0.15) is 23.1 Å². The molecule has 0 aliphatic rings. The van der Waals surface area contributed by atoms with Crippen LogP contribution in [0.4, 0.5) is 0 Å². The molecule has 0 spiro atoms. The Balaban J connectivity index is 1.61. The van der Waals surface area contributed by atoms with Crippen molar-refractivity contribution in [1.29, 1.82) is 0 Å². The van der Waals surface area contributed by atoms with E-state index >= 15 is 0 Å². The van der Waals surface area contributed by atoms with E-state index in [0.717, 1.165) is 41.5 Å². The summed E-state index contributed by atoms with van der Waals surface area (Å²) < 4.78 is 16.5. The number of hydrogen-bond donors (Lipinski definition) is 1.